The molecule has 0 aromatic heterocycles. The maximum Gasteiger partial charge on any atom is 0.0619 e. The zero-order valence-corrected chi connectivity index (χ0v) is 12.6. The Balaban J connectivity index is 1.83. The van der Waals surface area contributed by atoms with Crippen LogP contribution in [0.3, 0.4) is 0 Å². The summed E-state index contributed by atoms with van der Waals surface area (Å²) in [5.41, 5.74) is 3.02. The molecule has 1 N–H and O–H groups in total. The van der Waals surface area contributed by atoms with Crippen molar-refractivity contribution in [1.29, 1.82) is 0 Å². The number of benzene rings is 1. The van der Waals surface area contributed by atoms with Gasteiger partial charge in [-0.05, 0) is 37.4 Å². The quantitative estimate of drug-likeness (QED) is 0.912. The van der Waals surface area contributed by atoms with Crippen LogP contribution in [0.1, 0.15) is 37.4 Å². The van der Waals surface area contributed by atoms with Crippen molar-refractivity contribution in [2.45, 2.75) is 44.8 Å². The van der Waals surface area contributed by atoms with Crippen molar-refractivity contribution in [2.24, 2.45) is 0 Å². The van der Waals surface area contributed by atoms with E-state index >= 15 is 0 Å². The van der Waals surface area contributed by atoms with E-state index in [1.807, 2.05) is 0 Å². The van der Waals surface area contributed by atoms with Crippen molar-refractivity contribution in [3.05, 3.63) is 35.4 Å². The van der Waals surface area contributed by atoms with E-state index < -0.39 is 0 Å². The molecule has 0 radical (unpaired) electrons. The number of fused-ring (bicyclic) bond motifs is 1. The molecule has 0 saturated carbocycles. The first-order valence-corrected chi connectivity index (χ1v) is 7.96. The first-order chi connectivity index (χ1) is 9.81. The van der Waals surface area contributed by atoms with E-state index in [9.17, 15) is 0 Å². The molecule has 1 aliphatic heterocycles. The zero-order chi connectivity index (χ0) is 13.9. The predicted molar refractivity (Wildman–Crippen MR) is 82.0 cm³/mol. The molecule has 1 aromatic carbocycles. The lowest BCUT2D eigenvalue weighted by Gasteiger charge is -2.40. The summed E-state index contributed by atoms with van der Waals surface area (Å²) in [6.07, 6.45) is 2.35. The van der Waals surface area contributed by atoms with Gasteiger partial charge in [-0.3, -0.25) is 4.90 Å². The Kier molecular flexibility index (Phi) is 4.39. The predicted octanol–water partition coefficient (Wildman–Crippen LogP) is 2.37. The van der Waals surface area contributed by atoms with Gasteiger partial charge in [0, 0.05) is 24.7 Å². The Morgan fingerprint density at radius 3 is 3.00 bits per heavy atom. The third-order valence-electron chi connectivity index (χ3n) is 4.66. The summed E-state index contributed by atoms with van der Waals surface area (Å²) < 4.78 is 5.60. The molecule has 0 spiro atoms. The number of hydrogen-bond acceptors (Lipinski definition) is 3. The van der Waals surface area contributed by atoms with Gasteiger partial charge in [-0.2, -0.15) is 0 Å². The topological polar surface area (TPSA) is 24.5 Å². The van der Waals surface area contributed by atoms with Crippen LogP contribution in [0.15, 0.2) is 24.3 Å². The molecule has 110 valence electrons. The molecule has 20 heavy (non-hydrogen) atoms. The van der Waals surface area contributed by atoms with Gasteiger partial charge in [-0.15, -0.1) is 0 Å². The largest absolute Gasteiger partial charge is 0.379 e. The molecule has 3 rings (SSSR count). The van der Waals surface area contributed by atoms with Crippen molar-refractivity contribution in [3.63, 3.8) is 0 Å². The first-order valence-electron chi connectivity index (χ1n) is 7.96. The maximum atomic E-state index is 5.60. The number of ether oxygens (including phenoxy) is 1. The number of morpholine rings is 1. The van der Waals surface area contributed by atoms with Crippen LogP contribution in [-0.4, -0.2) is 43.3 Å². The van der Waals surface area contributed by atoms with Gasteiger partial charge >= 0.3 is 0 Å². The van der Waals surface area contributed by atoms with E-state index in [0.29, 0.717) is 18.1 Å². The van der Waals surface area contributed by atoms with Gasteiger partial charge in [0.05, 0.1) is 13.2 Å². The van der Waals surface area contributed by atoms with E-state index in [1.54, 1.807) is 0 Å². The average Bonchev–Trinajstić information content (AvgIpc) is 2.84. The highest BCUT2D eigenvalue weighted by atomic mass is 16.5. The van der Waals surface area contributed by atoms with Crippen LogP contribution in [-0.2, 0) is 11.2 Å². The number of nitrogens with zero attached hydrogens (tertiary/aromatic N) is 1. The minimum atomic E-state index is 0.478. The van der Waals surface area contributed by atoms with Crippen LogP contribution in [0.4, 0.5) is 0 Å². The van der Waals surface area contributed by atoms with Gasteiger partial charge in [-0.25, -0.2) is 0 Å². The molecule has 0 bridgehead atoms. The smallest absolute Gasteiger partial charge is 0.0619 e. The molecule has 2 aliphatic rings. The summed E-state index contributed by atoms with van der Waals surface area (Å²) in [6.45, 7) is 8.42. The third-order valence-corrected chi connectivity index (χ3v) is 4.66. The summed E-state index contributed by atoms with van der Waals surface area (Å²) in [5, 5.41) is 3.77. The first kappa shape index (κ1) is 14.1. The summed E-state index contributed by atoms with van der Waals surface area (Å²) >= 11 is 0. The number of nitrogens with one attached hydrogen (secondary N) is 1. The van der Waals surface area contributed by atoms with Gasteiger partial charge in [0.1, 0.15) is 0 Å². The number of hydrogen-bond donors (Lipinski definition) is 1. The SMILES string of the molecule is CCCNC1c2ccccc2CC1N1CCOCC1C. The van der Waals surface area contributed by atoms with E-state index in [0.717, 1.165) is 26.3 Å². The summed E-state index contributed by atoms with van der Waals surface area (Å²) in [6, 6.07) is 10.5. The van der Waals surface area contributed by atoms with E-state index in [-0.39, 0.29) is 0 Å². The molecule has 1 heterocycles. The Hall–Kier alpha value is -0.900. The Morgan fingerprint density at radius 1 is 1.35 bits per heavy atom. The van der Waals surface area contributed by atoms with Crippen molar-refractivity contribution < 1.29 is 4.74 Å². The molecule has 1 aliphatic carbocycles. The monoisotopic (exact) mass is 274 g/mol. The summed E-state index contributed by atoms with van der Waals surface area (Å²) in [4.78, 5) is 2.65. The lowest BCUT2D eigenvalue weighted by molar-refractivity contribution is -0.0272. The van der Waals surface area contributed by atoms with Crippen LogP contribution in [0, 0.1) is 0 Å². The van der Waals surface area contributed by atoms with Crippen LogP contribution in [0.25, 0.3) is 0 Å². The minimum absolute atomic E-state index is 0.478. The Labute approximate surface area is 122 Å². The maximum absolute atomic E-state index is 5.60. The van der Waals surface area contributed by atoms with Crippen molar-refractivity contribution in [1.82, 2.24) is 10.2 Å². The lowest BCUT2D eigenvalue weighted by Crippen LogP contribution is -2.52. The fourth-order valence-electron chi connectivity index (χ4n) is 3.66. The number of rotatable bonds is 4. The fourth-order valence-corrected chi connectivity index (χ4v) is 3.66. The third kappa shape index (κ3) is 2.62. The molecule has 1 aromatic rings. The average molecular weight is 274 g/mol. The minimum Gasteiger partial charge on any atom is -0.379 e. The van der Waals surface area contributed by atoms with Gasteiger partial charge in [0.15, 0.2) is 0 Å². The molecule has 1 saturated heterocycles. The van der Waals surface area contributed by atoms with Crippen molar-refractivity contribution >= 4 is 0 Å². The molecule has 3 unspecified atom stereocenters. The molecular formula is C17H26N2O. The second kappa shape index (κ2) is 6.25. The lowest BCUT2D eigenvalue weighted by atomic mass is 10.0. The highest BCUT2D eigenvalue weighted by molar-refractivity contribution is 5.37. The molecule has 3 atom stereocenters. The summed E-state index contributed by atoms with van der Waals surface area (Å²) in [7, 11) is 0. The van der Waals surface area contributed by atoms with Gasteiger partial charge in [0.25, 0.3) is 0 Å². The second-order valence-corrected chi connectivity index (χ2v) is 6.06. The van der Waals surface area contributed by atoms with E-state index in [4.69, 9.17) is 4.74 Å². The van der Waals surface area contributed by atoms with Crippen molar-refractivity contribution in [2.75, 3.05) is 26.3 Å². The highest BCUT2D eigenvalue weighted by Gasteiger charge is 2.38. The van der Waals surface area contributed by atoms with Gasteiger partial charge in [-0.1, -0.05) is 31.2 Å². The molecule has 1 fully saturated rings. The van der Waals surface area contributed by atoms with E-state index in [2.05, 4.69) is 48.3 Å². The van der Waals surface area contributed by atoms with Gasteiger partial charge in [0.2, 0.25) is 0 Å². The molecule has 3 heteroatoms. The standard InChI is InChI=1S/C17H26N2O/c1-3-8-18-17-15-7-5-4-6-14(15)11-16(17)19-9-10-20-12-13(19)2/h4-7,13,16-18H,3,8-12H2,1-2H3. The van der Waals surface area contributed by atoms with Crippen LogP contribution < -0.4 is 5.32 Å². The normalized spacial score (nSPS) is 30.4. The van der Waals surface area contributed by atoms with Crippen LogP contribution in [0.2, 0.25) is 0 Å². The van der Waals surface area contributed by atoms with Gasteiger partial charge < -0.3 is 10.1 Å². The van der Waals surface area contributed by atoms with E-state index in [1.165, 1.54) is 24.0 Å². The Bertz CT molecular complexity index is 448. The second-order valence-electron chi connectivity index (χ2n) is 6.06. The summed E-state index contributed by atoms with van der Waals surface area (Å²) in [5.74, 6) is 0. The highest BCUT2D eigenvalue weighted by Crippen LogP contribution is 2.35. The molecule has 0 amide bonds. The van der Waals surface area contributed by atoms with Crippen LogP contribution >= 0.6 is 0 Å². The molecular weight excluding hydrogens is 248 g/mol. The molecule has 3 nitrogen and oxygen atoms in total. The Morgan fingerprint density at radius 2 is 2.20 bits per heavy atom. The fraction of sp³-hybridized carbons (Fsp3) is 0.647. The zero-order valence-electron chi connectivity index (χ0n) is 12.6. The van der Waals surface area contributed by atoms with Crippen LogP contribution in [0.5, 0.6) is 0 Å². The van der Waals surface area contributed by atoms with Crippen molar-refractivity contribution in [3.8, 4) is 0 Å².